The second-order valence-corrected chi connectivity index (χ2v) is 19.6. The van der Waals surface area contributed by atoms with E-state index in [2.05, 4.69) is 250 Å². The van der Waals surface area contributed by atoms with E-state index in [1.54, 1.807) is 5.56 Å². The quantitative estimate of drug-likeness (QED) is 0.105. The average Bonchev–Trinajstić information content (AvgIpc) is 3.53. The molecule has 0 bridgehead atoms. The Hall–Kier alpha value is -7.54. The van der Waals surface area contributed by atoms with Gasteiger partial charge in [-0.25, -0.2) is 0 Å². The van der Waals surface area contributed by atoms with Crippen molar-refractivity contribution in [3.63, 3.8) is 0 Å². The second kappa shape index (κ2) is 30.2. The number of hydrogen-bond acceptors (Lipinski definition) is 0. The standard InChI is InChI=1S/C18H14.C18H16.2C16H14.6C2H6/c1-11-9-13-5-4-8-16-12(2)10-14-6-3-7-15(11)17(14)18(13)16;1-11-3-5-13-8-10-16-12(2)4-6-14-7-9-15(11)17(13)18(14)16;1-11-6-5-9-15-12(2)14-8-4-3-7-13(14)10-16(11)15;1-11-7-8-12(2)16-10-14-6-4-3-5-13(14)9-15(11)16;6*1-2/h3-10H,1-2H3;3-10,13,17H,1-2H3;2*3-10H,1-2H3;6*1-2H3. The predicted molar refractivity (Wildman–Crippen MR) is 367 cm³/mol. The fourth-order valence-corrected chi connectivity index (χ4v) is 11.5. The molecule has 11 aromatic carbocycles. The van der Waals surface area contributed by atoms with Gasteiger partial charge in [0.15, 0.2) is 0 Å². The second-order valence-electron chi connectivity index (χ2n) is 19.6. The highest BCUT2D eigenvalue weighted by Crippen LogP contribution is 2.49. The molecule has 14 rings (SSSR count). The Morgan fingerprint density at radius 2 is 0.700 bits per heavy atom. The zero-order chi connectivity index (χ0) is 58.8. The molecule has 0 radical (unpaired) electrons. The maximum Gasteiger partial charge on any atom is 0.0202 e. The van der Waals surface area contributed by atoms with Gasteiger partial charge in [-0.05, 0) is 216 Å². The van der Waals surface area contributed by atoms with E-state index < -0.39 is 0 Å². The molecule has 0 saturated heterocycles. The lowest BCUT2D eigenvalue weighted by Crippen LogP contribution is -2.22. The lowest BCUT2D eigenvalue weighted by molar-refractivity contribution is 0.657. The van der Waals surface area contributed by atoms with Gasteiger partial charge in [0.05, 0.1) is 0 Å². The van der Waals surface area contributed by atoms with Gasteiger partial charge in [-0.3, -0.25) is 0 Å². The van der Waals surface area contributed by atoms with Crippen molar-refractivity contribution in [1.82, 2.24) is 0 Å². The van der Waals surface area contributed by atoms with Gasteiger partial charge in [0.2, 0.25) is 0 Å². The highest BCUT2D eigenvalue weighted by Gasteiger charge is 2.34. The van der Waals surface area contributed by atoms with Crippen LogP contribution < -0.4 is 0 Å². The normalized spacial score (nSPS) is 13.6. The summed E-state index contributed by atoms with van der Waals surface area (Å²) in [5.41, 5.74) is 16.9. The van der Waals surface area contributed by atoms with Crippen molar-refractivity contribution in [2.45, 2.75) is 144 Å². The Bertz CT molecular complexity index is 3780. The largest absolute Gasteiger partial charge is 0.0764 e. The minimum atomic E-state index is 0.543. The van der Waals surface area contributed by atoms with E-state index >= 15 is 0 Å². The third-order valence-corrected chi connectivity index (χ3v) is 15.3. The van der Waals surface area contributed by atoms with Gasteiger partial charge in [-0.15, -0.1) is 0 Å². The van der Waals surface area contributed by atoms with Gasteiger partial charge in [0.25, 0.3) is 0 Å². The van der Waals surface area contributed by atoms with Crippen LogP contribution >= 0.6 is 0 Å². The van der Waals surface area contributed by atoms with Crippen LogP contribution in [-0.2, 0) is 0 Å². The van der Waals surface area contributed by atoms with Crippen molar-refractivity contribution in [2.75, 3.05) is 0 Å². The first kappa shape index (κ1) is 63.3. The predicted octanol–water partition coefficient (Wildman–Crippen LogP) is 25.2. The Kier molecular flexibility index (Phi) is 23.9. The summed E-state index contributed by atoms with van der Waals surface area (Å²) >= 11 is 0. The molecule has 0 fully saturated rings. The summed E-state index contributed by atoms with van der Waals surface area (Å²) in [5, 5.41) is 19.2. The average molecular weight is 1060 g/mol. The molecule has 0 amide bonds. The van der Waals surface area contributed by atoms with Crippen molar-refractivity contribution >= 4 is 87.6 Å². The molecule has 2 atom stereocenters. The van der Waals surface area contributed by atoms with Crippen molar-refractivity contribution in [1.29, 1.82) is 0 Å². The van der Waals surface area contributed by atoms with Gasteiger partial charge in [0.1, 0.15) is 0 Å². The first-order valence-corrected chi connectivity index (χ1v) is 30.3. The topological polar surface area (TPSA) is 0 Å². The summed E-state index contributed by atoms with van der Waals surface area (Å²) < 4.78 is 0. The number of allylic oxidation sites excluding steroid dienone is 6. The molecule has 11 aromatic rings. The third kappa shape index (κ3) is 13.0. The van der Waals surface area contributed by atoms with Crippen molar-refractivity contribution < 1.29 is 0 Å². The van der Waals surface area contributed by atoms with Gasteiger partial charge in [0, 0.05) is 11.8 Å². The minimum Gasteiger partial charge on any atom is -0.0764 e. The van der Waals surface area contributed by atoms with Crippen LogP contribution in [0.25, 0.3) is 87.6 Å². The zero-order valence-corrected chi connectivity index (χ0v) is 52.6. The fraction of sp³-hybridized carbons (Fsp3) is 0.275. The Balaban J connectivity index is 0.000000184. The number of benzene rings is 11. The molecule has 0 heterocycles. The van der Waals surface area contributed by atoms with Crippen LogP contribution in [0.5, 0.6) is 0 Å². The van der Waals surface area contributed by atoms with Crippen LogP contribution in [0.3, 0.4) is 0 Å². The molecule has 0 nitrogen and oxygen atoms in total. The molecule has 414 valence electrons. The zero-order valence-electron chi connectivity index (χ0n) is 52.6. The summed E-state index contributed by atoms with van der Waals surface area (Å²) in [6.45, 7) is 41.6. The molecule has 0 spiro atoms. The van der Waals surface area contributed by atoms with Crippen molar-refractivity contribution in [3.05, 3.63) is 249 Å². The van der Waals surface area contributed by atoms with E-state index in [4.69, 9.17) is 0 Å². The number of aryl methyl sites for hydroxylation is 7. The minimum absolute atomic E-state index is 0.543. The van der Waals surface area contributed by atoms with E-state index in [0.717, 1.165) is 0 Å². The van der Waals surface area contributed by atoms with E-state index in [1.807, 2.05) is 83.1 Å². The Morgan fingerprint density at radius 3 is 1.25 bits per heavy atom. The maximum atomic E-state index is 2.37. The lowest BCUT2D eigenvalue weighted by Gasteiger charge is -2.36. The van der Waals surface area contributed by atoms with E-state index in [1.165, 1.54) is 137 Å². The molecule has 0 N–H and O–H groups in total. The first-order chi connectivity index (χ1) is 39.0. The van der Waals surface area contributed by atoms with Crippen LogP contribution in [0.2, 0.25) is 0 Å². The summed E-state index contributed by atoms with van der Waals surface area (Å²) in [6, 6.07) is 57.3. The van der Waals surface area contributed by atoms with Crippen LogP contribution in [0, 0.1) is 54.4 Å². The summed E-state index contributed by atoms with van der Waals surface area (Å²) in [6.07, 6.45) is 13.9. The smallest absolute Gasteiger partial charge is 0.0202 e. The van der Waals surface area contributed by atoms with E-state index in [0.29, 0.717) is 11.8 Å². The monoisotopic (exact) mass is 1050 g/mol. The van der Waals surface area contributed by atoms with Crippen LogP contribution in [0.1, 0.15) is 152 Å². The van der Waals surface area contributed by atoms with Crippen LogP contribution in [0.4, 0.5) is 0 Å². The molecular weight excluding hydrogens is 961 g/mol. The van der Waals surface area contributed by atoms with Gasteiger partial charge in [-0.1, -0.05) is 259 Å². The third-order valence-electron chi connectivity index (χ3n) is 15.3. The molecule has 0 saturated carbocycles. The molecule has 3 aliphatic rings. The maximum absolute atomic E-state index is 2.37. The van der Waals surface area contributed by atoms with Crippen LogP contribution in [0.15, 0.2) is 193 Å². The number of fused-ring (bicyclic) bond motifs is 4. The van der Waals surface area contributed by atoms with Crippen molar-refractivity contribution in [2.24, 2.45) is 5.92 Å². The SMILES string of the molecule is CC.CC.CC.CC.CC.CC.CC1=C2C=Cc3ccc(C)c4c3C2C(C=C1)C=C4.Cc1cc2cccc3c(C)cc4cccc1c4c23.Cc1ccc(C)c2cc3ccccc3cc12.Cc1cccc2c(C)c3ccccc3cc12. The summed E-state index contributed by atoms with van der Waals surface area (Å²) in [7, 11) is 0. The lowest BCUT2D eigenvalue weighted by atomic mass is 9.67. The number of rotatable bonds is 0. The first-order valence-electron chi connectivity index (χ1n) is 30.3. The number of hydrogen-bond donors (Lipinski definition) is 0. The molecule has 80 heavy (non-hydrogen) atoms. The molecule has 3 aliphatic carbocycles. The molecular formula is C80H94. The van der Waals surface area contributed by atoms with Gasteiger partial charge in [-0.2, -0.15) is 0 Å². The highest BCUT2D eigenvalue weighted by molar-refractivity contribution is 6.24. The molecule has 0 heteroatoms. The molecule has 0 aliphatic heterocycles. The summed E-state index contributed by atoms with van der Waals surface area (Å²) in [4.78, 5) is 0. The Labute approximate surface area is 484 Å². The molecule has 2 unspecified atom stereocenters. The Morgan fingerprint density at radius 1 is 0.287 bits per heavy atom. The van der Waals surface area contributed by atoms with Gasteiger partial charge >= 0.3 is 0 Å². The highest BCUT2D eigenvalue weighted by atomic mass is 14.4. The van der Waals surface area contributed by atoms with Crippen molar-refractivity contribution in [3.8, 4) is 0 Å². The van der Waals surface area contributed by atoms with Gasteiger partial charge < -0.3 is 0 Å². The fourth-order valence-electron chi connectivity index (χ4n) is 11.5. The van der Waals surface area contributed by atoms with Crippen LogP contribution in [-0.4, -0.2) is 0 Å². The van der Waals surface area contributed by atoms with E-state index in [-0.39, 0.29) is 0 Å². The molecule has 0 aromatic heterocycles. The summed E-state index contributed by atoms with van der Waals surface area (Å²) in [5.74, 6) is 1.09. The van der Waals surface area contributed by atoms with E-state index in [9.17, 15) is 0 Å².